The van der Waals surface area contributed by atoms with E-state index in [-0.39, 0.29) is 0 Å². The van der Waals surface area contributed by atoms with Gasteiger partial charge in [-0.2, -0.15) is 5.10 Å². The van der Waals surface area contributed by atoms with Crippen molar-refractivity contribution in [2.24, 2.45) is 0 Å². The molecule has 23 heavy (non-hydrogen) atoms. The number of nitrogens with zero attached hydrogens (tertiary/aromatic N) is 1. The van der Waals surface area contributed by atoms with Crippen LogP contribution in [-0.4, -0.2) is 24.0 Å². The highest BCUT2D eigenvalue weighted by molar-refractivity contribution is 7.53. The molecule has 0 fully saturated rings. The normalized spacial score (nSPS) is 14.2. The van der Waals surface area contributed by atoms with Crippen LogP contribution >= 0.6 is 7.60 Å². The van der Waals surface area contributed by atoms with Crippen LogP contribution in [0.3, 0.4) is 0 Å². The SMILES string of the molecule is COP(C)(=O)Oc1ccc2[nH]nc(C=Cc3ccccc3)c2c1. The second kappa shape index (κ2) is 6.41. The summed E-state index contributed by atoms with van der Waals surface area (Å²) in [6.07, 6.45) is 3.92. The molecular weight excluding hydrogens is 311 g/mol. The van der Waals surface area contributed by atoms with E-state index in [2.05, 4.69) is 10.2 Å². The number of H-pyrrole nitrogens is 1. The van der Waals surface area contributed by atoms with Crippen molar-refractivity contribution in [3.05, 3.63) is 59.8 Å². The second-order valence-corrected chi connectivity index (χ2v) is 7.20. The minimum atomic E-state index is -3.08. The number of hydrogen-bond acceptors (Lipinski definition) is 4. The number of fused-ring (bicyclic) bond motifs is 1. The molecule has 0 amide bonds. The van der Waals surface area contributed by atoms with Gasteiger partial charge in [-0.3, -0.25) is 5.10 Å². The third-order valence-electron chi connectivity index (χ3n) is 3.40. The molecule has 3 aromatic rings. The highest BCUT2D eigenvalue weighted by Crippen LogP contribution is 2.43. The van der Waals surface area contributed by atoms with E-state index in [1.165, 1.54) is 13.8 Å². The lowest BCUT2D eigenvalue weighted by molar-refractivity contribution is 0.328. The Hall–Kier alpha value is -2.36. The molecule has 1 atom stereocenters. The first-order valence-electron chi connectivity index (χ1n) is 7.11. The van der Waals surface area contributed by atoms with Gasteiger partial charge in [-0.1, -0.05) is 36.4 Å². The van der Waals surface area contributed by atoms with Gasteiger partial charge in [0.2, 0.25) is 0 Å². The van der Waals surface area contributed by atoms with Crippen molar-refractivity contribution in [2.45, 2.75) is 0 Å². The molecule has 1 N–H and O–H groups in total. The standard InChI is InChI=1S/C17H17N2O3P/c1-21-23(2,20)22-14-9-11-17-15(12-14)16(18-19-17)10-8-13-6-4-3-5-7-13/h3-12H,1-2H3,(H,18,19). The zero-order chi connectivity index (χ0) is 16.3. The first-order chi connectivity index (χ1) is 11.1. The molecule has 1 unspecified atom stereocenters. The van der Waals surface area contributed by atoms with Crippen molar-refractivity contribution in [1.29, 1.82) is 0 Å². The molecule has 118 valence electrons. The summed E-state index contributed by atoms with van der Waals surface area (Å²) < 4.78 is 22.2. The van der Waals surface area contributed by atoms with Crippen molar-refractivity contribution < 1.29 is 13.6 Å². The lowest BCUT2D eigenvalue weighted by atomic mass is 10.1. The van der Waals surface area contributed by atoms with Crippen molar-refractivity contribution in [3.63, 3.8) is 0 Å². The quantitative estimate of drug-likeness (QED) is 0.696. The molecule has 6 heteroatoms. The van der Waals surface area contributed by atoms with Crippen molar-refractivity contribution in [1.82, 2.24) is 10.2 Å². The van der Waals surface area contributed by atoms with Crippen molar-refractivity contribution >= 4 is 30.7 Å². The Morgan fingerprint density at radius 3 is 2.65 bits per heavy atom. The van der Waals surface area contributed by atoms with Gasteiger partial charge < -0.3 is 9.05 Å². The summed E-state index contributed by atoms with van der Waals surface area (Å²) in [5, 5.41) is 8.17. The fraction of sp³-hybridized carbons (Fsp3) is 0.118. The average Bonchev–Trinajstić information content (AvgIpc) is 2.96. The van der Waals surface area contributed by atoms with E-state index in [1.54, 1.807) is 12.1 Å². The van der Waals surface area contributed by atoms with Crippen LogP contribution in [0.2, 0.25) is 0 Å². The topological polar surface area (TPSA) is 64.2 Å². The highest BCUT2D eigenvalue weighted by atomic mass is 31.2. The predicted octanol–water partition coefficient (Wildman–Crippen LogP) is 4.58. The van der Waals surface area contributed by atoms with E-state index in [1.807, 2.05) is 48.6 Å². The number of hydrogen-bond donors (Lipinski definition) is 1. The Labute approximate surface area is 134 Å². The number of benzene rings is 2. The number of aromatic amines is 1. The molecule has 1 aromatic heterocycles. The number of nitrogens with one attached hydrogen (secondary N) is 1. The van der Waals surface area contributed by atoms with Crippen LogP contribution < -0.4 is 4.52 Å². The predicted molar refractivity (Wildman–Crippen MR) is 92.6 cm³/mol. The summed E-state index contributed by atoms with van der Waals surface area (Å²) in [6.45, 7) is 1.43. The van der Waals surface area contributed by atoms with Crippen LogP contribution in [0.25, 0.3) is 23.1 Å². The summed E-state index contributed by atoms with van der Waals surface area (Å²) in [4.78, 5) is 0. The summed E-state index contributed by atoms with van der Waals surface area (Å²) in [7, 11) is -1.72. The minimum absolute atomic E-state index is 0.487. The number of aromatic nitrogens is 2. The Bertz CT molecular complexity index is 887. The minimum Gasteiger partial charge on any atom is -0.425 e. The second-order valence-electron chi connectivity index (χ2n) is 5.11. The maximum absolute atomic E-state index is 11.9. The first kappa shape index (κ1) is 15.5. The summed E-state index contributed by atoms with van der Waals surface area (Å²) in [6, 6.07) is 15.4. The van der Waals surface area contributed by atoms with E-state index < -0.39 is 7.60 Å². The van der Waals surface area contributed by atoms with Crippen LogP contribution in [-0.2, 0) is 9.09 Å². The molecule has 3 rings (SSSR count). The Kier molecular flexibility index (Phi) is 4.33. The van der Waals surface area contributed by atoms with Gasteiger partial charge in [0.15, 0.2) is 0 Å². The largest absolute Gasteiger partial charge is 0.425 e. The van der Waals surface area contributed by atoms with Gasteiger partial charge in [-0.25, -0.2) is 4.57 Å². The van der Waals surface area contributed by atoms with Gasteiger partial charge >= 0.3 is 7.60 Å². The summed E-state index contributed by atoms with van der Waals surface area (Å²) >= 11 is 0. The maximum atomic E-state index is 11.9. The molecule has 0 spiro atoms. The molecule has 0 aliphatic carbocycles. The molecule has 0 bridgehead atoms. The van der Waals surface area contributed by atoms with E-state index in [0.29, 0.717) is 5.75 Å². The van der Waals surface area contributed by atoms with Gasteiger partial charge in [0.25, 0.3) is 0 Å². The van der Waals surface area contributed by atoms with Crippen molar-refractivity contribution in [3.8, 4) is 5.75 Å². The first-order valence-corrected chi connectivity index (χ1v) is 9.10. The van der Waals surface area contributed by atoms with E-state index in [4.69, 9.17) is 9.05 Å². The molecule has 1 heterocycles. The third-order valence-corrected chi connectivity index (χ3v) is 4.61. The molecule has 0 aliphatic heterocycles. The highest BCUT2D eigenvalue weighted by Gasteiger charge is 2.16. The lowest BCUT2D eigenvalue weighted by Gasteiger charge is -2.12. The third kappa shape index (κ3) is 3.70. The molecule has 0 saturated carbocycles. The van der Waals surface area contributed by atoms with Gasteiger partial charge in [-0.15, -0.1) is 0 Å². The van der Waals surface area contributed by atoms with Crippen LogP contribution in [0.5, 0.6) is 5.75 Å². The van der Waals surface area contributed by atoms with Crippen molar-refractivity contribution in [2.75, 3.05) is 13.8 Å². The van der Waals surface area contributed by atoms with E-state index in [0.717, 1.165) is 22.2 Å². The average molecular weight is 328 g/mol. The van der Waals surface area contributed by atoms with Gasteiger partial charge in [0.1, 0.15) is 5.75 Å². The Morgan fingerprint density at radius 2 is 1.91 bits per heavy atom. The molecule has 0 saturated heterocycles. The molecule has 2 aromatic carbocycles. The zero-order valence-electron chi connectivity index (χ0n) is 12.9. The van der Waals surface area contributed by atoms with Crippen LogP contribution in [0.1, 0.15) is 11.3 Å². The zero-order valence-corrected chi connectivity index (χ0v) is 13.8. The fourth-order valence-corrected chi connectivity index (χ4v) is 2.74. The molecule has 0 aliphatic rings. The van der Waals surface area contributed by atoms with Crippen LogP contribution in [0.4, 0.5) is 0 Å². The van der Waals surface area contributed by atoms with Gasteiger partial charge in [0.05, 0.1) is 11.2 Å². The summed E-state index contributed by atoms with van der Waals surface area (Å²) in [5.41, 5.74) is 2.76. The smallest absolute Gasteiger partial charge is 0.375 e. The Balaban J connectivity index is 1.92. The van der Waals surface area contributed by atoms with Crippen LogP contribution in [0.15, 0.2) is 48.5 Å². The van der Waals surface area contributed by atoms with Crippen LogP contribution in [0, 0.1) is 0 Å². The van der Waals surface area contributed by atoms with Gasteiger partial charge in [0, 0.05) is 19.2 Å². The maximum Gasteiger partial charge on any atom is 0.375 e. The lowest BCUT2D eigenvalue weighted by Crippen LogP contribution is -1.92. The molecule has 0 radical (unpaired) electrons. The summed E-state index contributed by atoms with van der Waals surface area (Å²) in [5.74, 6) is 0.487. The van der Waals surface area contributed by atoms with E-state index >= 15 is 0 Å². The van der Waals surface area contributed by atoms with E-state index in [9.17, 15) is 4.57 Å². The van der Waals surface area contributed by atoms with Gasteiger partial charge in [-0.05, 0) is 29.8 Å². The fourth-order valence-electron chi connectivity index (χ4n) is 2.17. The monoisotopic (exact) mass is 328 g/mol. The Morgan fingerprint density at radius 1 is 1.13 bits per heavy atom. The molecule has 5 nitrogen and oxygen atoms in total. The number of rotatable bonds is 5. The molecular formula is C17H17N2O3P.